The Morgan fingerprint density at radius 1 is 0.355 bits per heavy atom. The van der Waals surface area contributed by atoms with Gasteiger partial charge in [0.2, 0.25) is 41.4 Å². The number of pyridine rings is 4. The Balaban J connectivity index is 0.000000162. The lowest BCUT2D eigenvalue weighted by atomic mass is 10.0. The fourth-order valence-corrected chi connectivity index (χ4v) is 18.1. The molecule has 8 aromatic heterocycles. The number of aliphatic carboxylic acids is 3. The molecule has 0 aliphatic heterocycles. The van der Waals surface area contributed by atoms with Gasteiger partial charge < -0.3 is 82.3 Å². The van der Waals surface area contributed by atoms with Crippen LogP contribution in [0.5, 0.6) is 0 Å². The molecule has 2 unspecified atom stereocenters. The van der Waals surface area contributed by atoms with Crippen LogP contribution in [0, 0.1) is 20.8 Å². The van der Waals surface area contributed by atoms with Gasteiger partial charge in [-0.2, -0.15) is 0 Å². The lowest BCUT2D eigenvalue weighted by molar-refractivity contribution is -0.145. The zero-order chi connectivity index (χ0) is 100. The summed E-state index contributed by atoms with van der Waals surface area (Å²) in [7, 11) is 0. The smallest absolute Gasteiger partial charge is 0.323 e. The second-order valence-corrected chi connectivity index (χ2v) is 38.0. The van der Waals surface area contributed by atoms with E-state index in [1.54, 1.807) is 39.4 Å². The second-order valence-electron chi connectivity index (χ2n) is 38.0. The Morgan fingerprint density at radius 2 is 0.631 bits per heavy atom. The zero-order valence-electron chi connectivity index (χ0n) is 82.2. The highest BCUT2D eigenvalue weighted by atomic mass is 16.4. The number of anilines is 1. The van der Waals surface area contributed by atoms with Gasteiger partial charge in [-0.25, -0.2) is 4.98 Å². The predicted octanol–water partition coefficient (Wildman–Crippen LogP) is 16.2. The highest BCUT2D eigenvalue weighted by Gasteiger charge is 2.38. The highest BCUT2D eigenvalue weighted by molar-refractivity contribution is 5.90. The quantitative estimate of drug-likeness (QED) is 0.0168. The predicted molar refractivity (Wildman–Crippen MR) is 549 cm³/mol. The van der Waals surface area contributed by atoms with Crippen molar-refractivity contribution < 1.29 is 63.3 Å². The second kappa shape index (κ2) is 54.0. The van der Waals surface area contributed by atoms with Crippen molar-refractivity contribution in [3.8, 4) is 0 Å². The van der Waals surface area contributed by atoms with Crippen molar-refractivity contribution in [1.82, 2.24) is 75.4 Å². The maximum atomic E-state index is 12.9. The molecule has 4 aromatic carbocycles. The van der Waals surface area contributed by atoms with Gasteiger partial charge in [-0.1, -0.05) is 86.6 Å². The van der Waals surface area contributed by atoms with Crippen LogP contribution in [-0.4, -0.2) is 209 Å². The van der Waals surface area contributed by atoms with Crippen LogP contribution in [0.4, 0.5) is 5.82 Å². The van der Waals surface area contributed by atoms with Crippen molar-refractivity contribution in [2.75, 3.05) is 31.9 Å². The van der Waals surface area contributed by atoms with E-state index in [4.69, 9.17) is 16.6 Å². The van der Waals surface area contributed by atoms with E-state index in [1.807, 2.05) is 130 Å². The van der Waals surface area contributed by atoms with Gasteiger partial charge in [0.25, 0.3) is 0 Å². The average molecular weight is 1920 g/mol. The molecular weight excluding hydrogens is 1780 g/mol. The van der Waals surface area contributed by atoms with Gasteiger partial charge in [0, 0.05) is 184 Å². The molecule has 4 atom stereocenters. The average Bonchev–Trinajstić information content (AvgIpc) is 1.70. The van der Waals surface area contributed by atoms with E-state index in [1.165, 1.54) is 43.4 Å². The first-order valence-electron chi connectivity index (χ1n) is 50.3. The minimum absolute atomic E-state index is 0.0213. The highest BCUT2D eigenvalue weighted by Crippen LogP contribution is 2.33. The first kappa shape index (κ1) is 106. The van der Waals surface area contributed by atoms with Crippen LogP contribution in [0.2, 0.25) is 0 Å². The summed E-state index contributed by atoms with van der Waals surface area (Å²) in [4.78, 5) is 159. The summed E-state index contributed by atoms with van der Waals surface area (Å²) >= 11 is 0. The summed E-state index contributed by atoms with van der Waals surface area (Å²) in [6, 6.07) is 48.3. The standard InChI is InChI=1S/C28H34N4O4.C28H36N4O2.C27H33N5O4.C15H20N2O3.C13H18N2/c1-19-15-20(13-14-29-19)5-4-8-27(34)32(23-11-12-23)18-26(33)31-22(16-28(35)36)10-9-21-17-30-25-7-3-2-6-24(21)25;1-3-23(12-11-22-18-30-26-9-5-4-8-25(22)26)31-27(33)19-32(24-13-14-24)28(34)10-6-7-21-15-16-29-20(2)17-21;28-24-14-18(12-13-29-24)4-3-7-26(34)32(21-10-11-21)17-25(33)31-20(15-27(35)36)9-8-19-16-30-23-6-2-1-5-22(19)23;1-11-9-12(7-8-16-11)3-2-4-14(18)17(10-15(19)20)13-5-6-13;1-2-11(14)8-7-10-9-15-13-6-4-3-5-12(10)13/h2-3,6-7,13-15,17,22-23,30H,4-5,8-12,16,18H2,1H3,(H,31,33)(H,35,36);4-5,8-9,15-18,23-24,30H,3,6-7,10-14,19H2,1-2H3,(H,31,33);1-2,5-6,12-14,16,20-21,30H,3-4,7-11,15,17H2,(H2,28,29)(H,31,33)(H,35,36);7-9,13H,2-6,10H2,1H3,(H,19,20);3-6,9,11,15H,2,7-8,14H2,1H3/t;23-;;;11-/m.0..0/s1. The van der Waals surface area contributed by atoms with E-state index >= 15 is 0 Å². The number of H-pyrrole nitrogens is 4. The van der Waals surface area contributed by atoms with E-state index in [-0.39, 0.29) is 111 Å². The third kappa shape index (κ3) is 35.4. The van der Waals surface area contributed by atoms with E-state index in [2.05, 4.69) is 131 Å². The van der Waals surface area contributed by atoms with E-state index in [9.17, 15) is 58.2 Å². The SMILES string of the molecule is CC[C@@H](CCc1c[nH]c2ccccc12)NC(=O)CN(C(=O)CCCc1ccnc(C)c1)C1CC1.CC[C@H](N)CCc1c[nH]c2ccccc12.Cc1cc(CCCC(=O)N(CC(=O)NC(CCc2c[nH]c3ccccc23)CC(=O)O)C2CC2)ccn1.Cc1cc(CCCC(=O)N(CC(=O)O)C2CC2)ccn1.Nc1cc(CCCC(=O)N(CC(=O)NC(CCc2c[nH]c3ccccc23)CC(=O)O)C2CC2)ccn1. The third-order valence-electron chi connectivity index (χ3n) is 26.4. The van der Waals surface area contributed by atoms with E-state index in [0.717, 1.165) is 189 Å². The van der Waals surface area contributed by atoms with Gasteiger partial charge in [0.05, 0.1) is 32.5 Å². The molecule has 4 aliphatic rings. The number of hydrogen-bond acceptors (Lipinski definition) is 16. The molecule has 7 amide bonds. The van der Waals surface area contributed by atoms with Crippen molar-refractivity contribution in [3.63, 3.8) is 0 Å². The Kier molecular flexibility index (Phi) is 40.6. The number of rotatable bonds is 49. The van der Waals surface area contributed by atoms with Crippen LogP contribution in [0.25, 0.3) is 43.6 Å². The number of nitrogens with zero attached hydrogens (tertiary/aromatic N) is 8. The number of aromatic nitrogens is 8. The number of carboxylic acids is 3. The van der Waals surface area contributed by atoms with E-state index in [0.29, 0.717) is 82.5 Å². The molecule has 30 nitrogen and oxygen atoms in total. The first-order chi connectivity index (χ1) is 68.2. The van der Waals surface area contributed by atoms with Crippen LogP contribution in [0.3, 0.4) is 0 Å². The van der Waals surface area contributed by atoms with Gasteiger partial charge in [-0.3, -0.25) is 62.9 Å². The largest absolute Gasteiger partial charge is 0.481 e. The van der Waals surface area contributed by atoms with Crippen LogP contribution < -0.4 is 27.4 Å². The minimum atomic E-state index is -0.967. The Labute approximate surface area is 825 Å². The Hall–Kier alpha value is -13.9. The molecule has 30 heteroatoms. The van der Waals surface area contributed by atoms with E-state index < -0.39 is 30.0 Å². The van der Waals surface area contributed by atoms with Crippen molar-refractivity contribution in [1.29, 1.82) is 0 Å². The van der Waals surface area contributed by atoms with Crippen molar-refractivity contribution in [2.24, 2.45) is 5.73 Å². The summed E-state index contributed by atoms with van der Waals surface area (Å²) in [6.07, 6.45) is 38.0. The monoisotopic (exact) mass is 1920 g/mol. The van der Waals surface area contributed by atoms with Crippen LogP contribution in [-0.2, 0) is 99.3 Å². The normalized spacial score (nSPS) is 13.9. The van der Waals surface area contributed by atoms with Gasteiger partial charge >= 0.3 is 17.9 Å². The number of hydrogen-bond donors (Lipinski definition) is 12. The molecule has 16 rings (SSSR count). The summed E-state index contributed by atoms with van der Waals surface area (Å²) < 4.78 is 0. The molecule has 8 heterocycles. The fourth-order valence-electron chi connectivity index (χ4n) is 18.1. The number of aryl methyl sites for hydroxylation is 11. The number of benzene rings is 4. The molecule has 4 saturated carbocycles. The lowest BCUT2D eigenvalue weighted by Crippen LogP contribution is -2.45. The zero-order valence-corrected chi connectivity index (χ0v) is 82.2. The van der Waals surface area contributed by atoms with Crippen LogP contribution >= 0.6 is 0 Å². The van der Waals surface area contributed by atoms with Crippen molar-refractivity contribution in [3.05, 3.63) is 257 Å². The summed E-state index contributed by atoms with van der Waals surface area (Å²) in [6.45, 7) is 10.0. The molecule has 4 aliphatic carbocycles. The summed E-state index contributed by atoms with van der Waals surface area (Å²) in [5.41, 5.74) is 28.4. The Morgan fingerprint density at radius 3 is 0.908 bits per heavy atom. The molecule has 4 fully saturated rings. The number of carbonyl (C=O) groups is 10. The topological polar surface area (TPSA) is 447 Å². The number of amides is 7. The van der Waals surface area contributed by atoms with Crippen LogP contribution in [0.1, 0.15) is 230 Å². The number of carboxylic acid groups (broad SMARTS) is 3. The minimum Gasteiger partial charge on any atom is -0.481 e. The molecule has 12 aromatic rings. The Bertz CT molecular complexity index is 5940. The number of carbonyl (C=O) groups excluding carboxylic acids is 7. The molecule has 748 valence electrons. The van der Waals surface area contributed by atoms with Gasteiger partial charge in [-0.15, -0.1) is 0 Å². The lowest BCUT2D eigenvalue weighted by Gasteiger charge is -2.24. The van der Waals surface area contributed by atoms with Crippen LogP contribution in [0.15, 0.2) is 195 Å². The molecule has 0 saturated heterocycles. The number of aromatic amines is 4. The van der Waals surface area contributed by atoms with Crippen molar-refractivity contribution in [2.45, 2.75) is 288 Å². The molecule has 0 spiro atoms. The summed E-state index contributed by atoms with van der Waals surface area (Å²) in [5, 5.41) is 41.3. The molecule has 0 radical (unpaired) electrons. The van der Waals surface area contributed by atoms with Gasteiger partial charge in [0.1, 0.15) is 12.4 Å². The maximum Gasteiger partial charge on any atom is 0.323 e. The maximum absolute atomic E-state index is 12.9. The van der Waals surface area contributed by atoms with Crippen molar-refractivity contribution >= 4 is 109 Å². The number of fused-ring (bicyclic) bond motifs is 4. The molecule has 0 bridgehead atoms. The molecule has 14 N–H and O–H groups in total. The number of nitrogens with two attached hydrogens (primary N) is 2. The number of nitrogen functional groups attached to an aromatic ring is 1. The fraction of sp³-hybridized carbons (Fsp3) is 0.441. The number of nitrogens with one attached hydrogen (secondary N) is 7. The van der Waals surface area contributed by atoms with Gasteiger partial charge in [-0.05, 0) is 305 Å². The number of para-hydroxylation sites is 4. The summed E-state index contributed by atoms with van der Waals surface area (Å²) in [5.74, 6) is -3.09. The molecule has 141 heavy (non-hydrogen) atoms. The van der Waals surface area contributed by atoms with Gasteiger partial charge in [0.15, 0.2) is 0 Å². The molecular formula is C111H141N17O13. The third-order valence-corrected chi connectivity index (χ3v) is 26.4. The first-order valence-corrected chi connectivity index (χ1v) is 50.3.